The molecule has 2 heterocycles. The molecule has 4 N–H and O–H groups in total. The summed E-state index contributed by atoms with van der Waals surface area (Å²) in [7, 11) is 0. The number of benzene rings is 1. The van der Waals surface area contributed by atoms with Crippen molar-refractivity contribution in [2.45, 2.75) is 57.3 Å². The van der Waals surface area contributed by atoms with Crippen molar-refractivity contribution in [3.8, 4) is 17.0 Å². The summed E-state index contributed by atoms with van der Waals surface area (Å²) in [6, 6.07) is 2.80. The highest BCUT2D eigenvalue weighted by molar-refractivity contribution is 6.09. The number of alkyl halides is 3. The van der Waals surface area contributed by atoms with Gasteiger partial charge in [0.15, 0.2) is 0 Å². The second-order valence-electron chi connectivity index (χ2n) is 9.87. The van der Waals surface area contributed by atoms with Crippen LogP contribution in [0, 0.1) is 12.8 Å². The Morgan fingerprint density at radius 3 is 2.71 bits per heavy atom. The number of aromatic amines is 1. The number of ether oxygens (including phenoxy) is 1. The highest BCUT2D eigenvalue weighted by atomic mass is 19.3. The zero-order valence-electron chi connectivity index (χ0n) is 20.6. The molecule has 1 aromatic carbocycles. The number of nitrogens with zero attached hydrogens (tertiary/aromatic N) is 2. The van der Waals surface area contributed by atoms with Gasteiger partial charge in [-0.15, -0.1) is 0 Å². The number of fused-ring (bicyclic) bond motifs is 1. The van der Waals surface area contributed by atoms with Gasteiger partial charge < -0.3 is 25.5 Å². The van der Waals surface area contributed by atoms with Crippen LogP contribution in [-0.4, -0.2) is 63.3 Å². The van der Waals surface area contributed by atoms with Crippen LogP contribution in [0.4, 0.5) is 13.2 Å². The first-order chi connectivity index (χ1) is 18.2. The van der Waals surface area contributed by atoms with E-state index in [1.54, 1.807) is 6.92 Å². The van der Waals surface area contributed by atoms with E-state index in [0.717, 1.165) is 12.8 Å². The van der Waals surface area contributed by atoms with Crippen LogP contribution < -0.4 is 15.4 Å². The molecule has 2 fully saturated rings. The van der Waals surface area contributed by atoms with E-state index in [-0.39, 0.29) is 29.5 Å². The van der Waals surface area contributed by atoms with Gasteiger partial charge in [-0.2, -0.15) is 0 Å². The lowest BCUT2D eigenvalue weighted by atomic mass is 10.0. The number of carbonyl (C=O) groups is 2. The van der Waals surface area contributed by atoms with Crippen LogP contribution in [0.5, 0.6) is 5.75 Å². The third kappa shape index (κ3) is 5.31. The molecule has 0 saturated heterocycles. The number of aromatic nitrogens is 3. The summed E-state index contributed by atoms with van der Waals surface area (Å²) < 4.78 is 47.7. The molecule has 5 rings (SSSR count). The van der Waals surface area contributed by atoms with Gasteiger partial charge in [0.2, 0.25) is 5.91 Å². The lowest BCUT2D eigenvalue weighted by Crippen LogP contribution is -2.40. The Morgan fingerprint density at radius 2 is 2.00 bits per heavy atom. The van der Waals surface area contributed by atoms with Crippen molar-refractivity contribution in [3.05, 3.63) is 41.3 Å². The highest BCUT2D eigenvalue weighted by Gasteiger charge is 2.37. The van der Waals surface area contributed by atoms with Gasteiger partial charge in [0.25, 0.3) is 12.3 Å². The summed E-state index contributed by atoms with van der Waals surface area (Å²) in [5, 5.41) is 14.1. The number of aryl methyl sites for hydroxylation is 1. The number of hydrogen-bond donors (Lipinski definition) is 4. The summed E-state index contributed by atoms with van der Waals surface area (Å²) >= 11 is 0. The topological polar surface area (TPSA) is 129 Å². The van der Waals surface area contributed by atoms with Crippen LogP contribution in [-0.2, 0) is 4.79 Å². The Labute approximate surface area is 216 Å². The van der Waals surface area contributed by atoms with E-state index in [1.807, 2.05) is 0 Å². The molecule has 0 unspecified atom stereocenters. The van der Waals surface area contributed by atoms with Crippen LogP contribution in [0.3, 0.4) is 0 Å². The second-order valence-corrected chi connectivity index (χ2v) is 9.87. The number of H-pyrrole nitrogens is 1. The Bertz CT molecular complexity index is 1360. The van der Waals surface area contributed by atoms with E-state index in [4.69, 9.17) is 9.84 Å². The number of hydrogen-bond acceptors (Lipinski definition) is 6. The van der Waals surface area contributed by atoms with E-state index in [1.165, 1.54) is 24.5 Å². The zero-order valence-corrected chi connectivity index (χ0v) is 20.6. The van der Waals surface area contributed by atoms with Crippen molar-refractivity contribution in [1.29, 1.82) is 0 Å². The van der Waals surface area contributed by atoms with Gasteiger partial charge in [-0.1, -0.05) is 0 Å². The number of halogens is 3. The predicted octanol–water partition coefficient (Wildman–Crippen LogP) is 3.37. The predicted molar refractivity (Wildman–Crippen MR) is 132 cm³/mol. The van der Waals surface area contributed by atoms with Gasteiger partial charge in [-0.25, -0.2) is 23.1 Å². The molecule has 0 bridgehead atoms. The maximum atomic E-state index is 14.6. The monoisotopic (exact) mass is 531 g/mol. The summed E-state index contributed by atoms with van der Waals surface area (Å²) in [6.45, 7) is 1.43. The molecule has 0 spiro atoms. The maximum Gasteiger partial charge on any atom is 0.263 e. The average molecular weight is 532 g/mol. The molecule has 2 aromatic heterocycles. The van der Waals surface area contributed by atoms with E-state index >= 15 is 0 Å². The lowest BCUT2D eigenvalue weighted by molar-refractivity contribution is -0.124. The van der Waals surface area contributed by atoms with Crippen LogP contribution in [0.15, 0.2) is 24.5 Å². The summed E-state index contributed by atoms with van der Waals surface area (Å²) in [4.78, 5) is 36.4. The molecule has 2 aliphatic rings. The molecule has 12 heteroatoms. The van der Waals surface area contributed by atoms with Gasteiger partial charge >= 0.3 is 0 Å². The number of amides is 2. The quantitative estimate of drug-likeness (QED) is 0.335. The molecule has 9 nitrogen and oxygen atoms in total. The van der Waals surface area contributed by atoms with E-state index in [9.17, 15) is 22.8 Å². The Kier molecular flexibility index (Phi) is 7.24. The van der Waals surface area contributed by atoms with Crippen LogP contribution in [0.2, 0.25) is 0 Å². The zero-order chi connectivity index (χ0) is 27.0. The van der Waals surface area contributed by atoms with E-state index < -0.39 is 43.1 Å². The molecular weight excluding hydrogens is 503 g/mol. The molecule has 2 saturated carbocycles. The van der Waals surface area contributed by atoms with Crippen molar-refractivity contribution >= 4 is 22.8 Å². The van der Waals surface area contributed by atoms with Gasteiger partial charge in [0.05, 0.1) is 23.7 Å². The first-order valence-electron chi connectivity index (χ1n) is 12.5. The first-order valence-corrected chi connectivity index (χ1v) is 12.5. The summed E-state index contributed by atoms with van der Waals surface area (Å²) in [5.41, 5.74) is 1.73. The number of carbonyl (C=O) groups excluding carboxylic acids is 2. The van der Waals surface area contributed by atoms with Gasteiger partial charge in [0, 0.05) is 29.3 Å². The SMILES string of the molecule is Cc1[nH]c2c(-c3cc(C(F)F)ccc3OCC3CC3)ncnc2c1C(=O)N[C@@H]1C[C@H](NC(=O)CO)C[C@H]1F. The number of rotatable bonds is 9. The van der Waals surface area contributed by atoms with E-state index in [0.29, 0.717) is 40.7 Å². The van der Waals surface area contributed by atoms with Crippen LogP contribution in [0.1, 0.15) is 53.7 Å². The number of nitrogens with one attached hydrogen (secondary N) is 3. The van der Waals surface area contributed by atoms with Crippen molar-refractivity contribution in [3.63, 3.8) is 0 Å². The van der Waals surface area contributed by atoms with Crippen molar-refractivity contribution in [2.75, 3.05) is 13.2 Å². The molecule has 0 radical (unpaired) electrons. The summed E-state index contributed by atoms with van der Waals surface area (Å²) in [6.07, 6.45) is -0.529. The Balaban J connectivity index is 1.45. The highest BCUT2D eigenvalue weighted by Crippen LogP contribution is 2.38. The first kappa shape index (κ1) is 26.0. The standard InChI is InChI=1S/C26H28F3N5O4/c1-12-21(26(37)34-18-8-15(7-17(18)27)33-20(36)9-35)23-24(32-12)22(30-11-31-23)16-6-14(25(28)29)4-5-19(16)38-10-13-2-3-13/h4-6,11,13,15,17-18,25,32,35H,2-3,7-10H2,1H3,(H,33,36)(H,34,37)/t15-,17-,18-/m1/s1. The third-order valence-corrected chi connectivity index (χ3v) is 6.99. The molecule has 3 aromatic rings. The molecule has 38 heavy (non-hydrogen) atoms. The minimum absolute atomic E-state index is 0.0139. The third-order valence-electron chi connectivity index (χ3n) is 6.99. The molecule has 2 aliphatic carbocycles. The second kappa shape index (κ2) is 10.6. The molecular formula is C26H28F3N5O4. The molecule has 0 aliphatic heterocycles. The van der Waals surface area contributed by atoms with Crippen molar-refractivity contribution < 1.29 is 32.6 Å². The van der Waals surface area contributed by atoms with Crippen molar-refractivity contribution in [1.82, 2.24) is 25.6 Å². The molecule has 2 amide bonds. The summed E-state index contributed by atoms with van der Waals surface area (Å²) in [5.74, 6) is -0.326. The number of aliphatic hydroxyl groups is 1. The largest absolute Gasteiger partial charge is 0.493 e. The van der Waals surface area contributed by atoms with Crippen LogP contribution in [0.25, 0.3) is 22.3 Å². The van der Waals surface area contributed by atoms with Gasteiger partial charge in [0.1, 0.15) is 36.1 Å². The molecule has 3 atom stereocenters. The Morgan fingerprint density at radius 1 is 1.21 bits per heavy atom. The average Bonchev–Trinajstić information content (AvgIpc) is 3.57. The number of aliphatic hydroxyl groups excluding tert-OH is 1. The fourth-order valence-electron chi connectivity index (χ4n) is 4.86. The smallest absolute Gasteiger partial charge is 0.263 e. The Hall–Kier alpha value is -3.67. The lowest BCUT2D eigenvalue weighted by Gasteiger charge is -2.15. The molecule has 202 valence electrons. The van der Waals surface area contributed by atoms with Crippen molar-refractivity contribution in [2.24, 2.45) is 5.92 Å². The fourth-order valence-corrected chi connectivity index (χ4v) is 4.86. The maximum absolute atomic E-state index is 14.6. The minimum Gasteiger partial charge on any atom is -0.493 e. The fraction of sp³-hybridized carbons (Fsp3) is 0.462. The van der Waals surface area contributed by atoms with Gasteiger partial charge in [-0.05, 0) is 50.3 Å². The minimum atomic E-state index is -2.69. The van der Waals surface area contributed by atoms with Crippen LogP contribution >= 0.6 is 0 Å². The normalized spacial score (nSPS) is 21.2. The van der Waals surface area contributed by atoms with Gasteiger partial charge in [-0.3, -0.25) is 9.59 Å². The van der Waals surface area contributed by atoms with E-state index in [2.05, 4.69) is 25.6 Å².